The molecule has 1 fully saturated rings. The van der Waals surface area contributed by atoms with Crippen LogP contribution in [0.25, 0.3) is 0 Å². The van der Waals surface area contributed by atoms with E-state index in [1.54, 1.807) is 0 Å². The molecule has 0 amide bonds. The van der Waals surface area contributed by atoms with Crippen LogP contribution < -0.4 is 10.6 Å². The Balaban J connectivity index is 2.05. The zero-order valence-corrected chi connectivity index (χ0v) is 7.51. The Labute approximate surface area is 69.1 Å². The molecule has 1 aliphatic heterocycles. The molecule has 0 saturated carbocycles. The first-order valence-electron chi connectivity index (χ1n) is 4.31. The molecule has 0 aliphatic carbocycles. The molecule has 1 radical (unpaired) electrons. The molecule has 0 aromatic heterocycles. The lowest BCUT2D eigenvalue weighted by molar-refractivity contribution is 0.328. The summed E-state index contributed by atoms with van der Waals surface area (Å²) in [5, 5.41) is 7.86. The SMILES string of the molecule is CN(C)CCC1CNCC[N]1. The van der Waals surface area contributed by atoms with Gasteiger partial charge in [-0.1, -0.05) is 0 Å². The lowest BCUT2D eigenvalue weighted by Crippen LogP contribution is -2.45. The molecule has 3 heteroatoms. The molecule has 65 valence electrons. The smallest absolute Gasteiger partial charge is 0.0383 e. The largest absolute Gasteiger partial charge is 0.314 e. The summed E-state index contributed by atoms with van der Waals surface area (Å²) in [5.74, 6) is 0. The second kappa shape index (κ2) is 4.70. The van der Waals surface area contributed by atoms with Gasteiger partial charge in [0, 0.05) is 25.7 Å². The van der Waals surface area contributed by atoms with E-state index < -0.39 is 0 Å². The quantitative estimate of drug-likeness (QED) is 0.598. The number of nitrogens with zero attached hydrogens (tertiary/aromatic N) is 2. The van der Waals surface area contributed by atoms with Gasteiger partial charge in [0.05, 0.1) is 0 Å². The number of piperazine rings is 1. The fourth-order valence-corrected chi connectivity index (χ4v) is 1.26. The molecule has 1 heterocycles. The standard InChI is InChI=1S/C8H18N3/c1-11(2)6-3-8-7-9-4-5-10-8/h8-9H,3-7H2,1-2H3. The van der Waals surface area contributed by atoms with E-state index in [9.17, 15) is 0 Å². The van der Waals surface area contributed by atoms with Crippen LogP contribution in [0.2, 0.25) is 0 Å². The van der Waals surface area contributed by atoms with Crippen molar-refractivity contribution in [3.63, 3.8) is 0 Å². The van der Waals surface area contributed by atoms with Crippen molar-refractivity contribution in [1.82, 2.24) is 15.5 Å². The molecule has 1 unspecified atom stereocenters. The van der Waals surface area contributed by atoms with Gasteiger partial charge in [0.2, 0.25) is 0 Å². The molecule has 0 aromatic carbocycles. The highest BCUT2D eigenvalue weighted by Crippen LogP contribution is 1.96. The fraction of sp³-hybridized carbons (Fsp3) is 1.00. The predicted molar refractivity (Wildman–Crippen MR) is 46.8 cm³/mol. The van der Waals surface area contributed by atoms with E-state index in [1.165, 1.54) is 6.42 Å². The molecular formula is C8H18N3. The zero-order chi connectivity index (χ0) is 8.10. The molecule has 1 aliphatic rings. The van der Waals surface area contributed by atoms with Crippen molar-refractivity contribution >= 4 is 0 Å². The Kier molecular flexibility index (Phi) is 3.83. The monoisotopic (exact) mass is 156 g/mol. The summed E-state index contributed by atoms with van der Waals surface area (Å²) in [7, 11) is 4.21. The van der Waals surface area contributed by atoms with Gasteiger partial charge in [0.25, 0.3) is 0 Å². The molecule has 0 bridgehead atoms. The van der Waals surface area contributed by atoms with Crippen LogP contribution in [0.15, 0.2) is 0 Å². The Hall–Kier alpha value is -0.120. The summed E-state index contributed by atoms with van der Waals surface area (Å²) in [6.07, 6.45) is 1.19. The van der Waals surface area contributed by atoms with E-state index in [0.29, 0.717) is 6.04 Å². The third kappa shape index (κ3) is 3.70. The minimum Gasteiger partial charge on any atom is -0.314 e. The van der Waals surface area contributed by atoms with Crippen LogP contribution in [0.3, 0.4) is 0 Å². The van der Waals surface area contributed by atoms with E-state index in [2.05, 4.69) is 29.6 Å². The average Bonchev–Trinajstić information content (AvgIpc) is 2.03. The Morgan fingerprint density at radius 1 is 1.55 bits per heavy atom. The number of rotatable bonds is 3. The molecule has 3 nitrogen and oxygen atoms in total. The van der Waals surface area contributed by atoms with E-state index in [1.807, 2.05) is 0 Å². The summed E-state index contributed by atoms with van der Waals surface area (Å²) in [6.45, 7) is 4.29. The summed E-state index contributed by atoms with van der Waals surface area (Å²) in [5.41, 5.74) is 0. The van der Waals surface area contributed by atoms with Crippen LogP contribution in [0.5, 0.6) is 0 Å². The normalized spacial score (nSPS) is 25.9. The van der Waals surface area contributed by atoms with E-state index in [4.69, 9.17) is 0 Å². The van der Waals surface area contributed by atoms with Crippen LogP contribution in [-0.2, 0) is 0 Å². The second-order valence-electron chi connectivity index (χ2n) is 3.36. The van der Waals surface area contributed by atoms with E-state index in [0.717, 1.165) is 26.2 Å². The van der Waals surface area contributed by atoms with E-state index in [-0.39, 0.29) is 0 Å². The van der Waals surface area contributed by atoms with Crippen LogP contribution in [0, 0.1) is 0 Å². The average molecular weight is 156 g/mol. The summed E-state index contributed by atoms with van der Waals surface area (Å²) in [4.78, 5) is 2.21. The van der Waals surface area contributed by atoms with Crippen molar-refractivity contribution in [2.75, 3.05) is 40.3 Å². The minimum atomic E-state index is 0.561. The highest BCUT2D eigenvalue weighted by atomic mass is 15.1. The molecule has 0 spiro atoms. The van der Waals surface area contributed by atoms with Crippen LogP contribution in [0.4, 0.5) is 0 Å². The Morgan fingerprint density at radius 3 is 2.91 bits per heavy atom. The van der Waals surface area contributed by atoms with Crippen molar-refractivity contribution in [3.8, 4) is 0 Å². The van der Waals surface area contributed by atoms with Crippen molar-refractivity contribution in [2.24, 2.45) is 0 Å². The van der Waals surface area contributed by atoms with Gasteiger partial charge < -0.3 is 10.2 Å². The summed E-state index contributed by atoms with van der Waals surface area (Å²) in [6, 6.07) is 0.561. The maximum atomic E-state index is 4.51. The van der Waals surface area contributed by atoms with Gasteiger partial charge in [-0.2, -0.15) is 0 Å². The van der Waals surface area contributed by atoms with Crippen molar-refractivity contribution in [2.45, 2.75) is 12.5 Å². The number of hydrogen-bond acceptors (Lipinski definition) is 2. The van der Waals surface area contributed by atoms with Crippen molar-refractivity contribution < 1.29 is 0 Å². The Bertz CT molecular complexity index is 97.5. The lowest BCUT2D eigenvalue weighted by atomic mass is 10.1. The topological polar surface area (TPSA) is 29.4 Å². The second-order valence-corrected chi connectivity index (χ2v) is 3.36. The maximum absolute atomic E-state index is 4.51. The highest BCUT2D eigenvalue weighted by Gasteiger charge is 2.12. The third-order valence-corrected chi connectivity index (χ3v) is 1.97. The highest BCUT2D eigenvalue weighted by molar-refractivity contribution is 4.75. The molecule has 1 N–H and O–H groups in total. The lowest BCUT2D eigenvalue weighted by Gasteiger charge is -2.23. The first kappa shape index (κ1) is 8.97. The number of nitrogens with one attached hydrogen (secondary N) is 1. The number of hydrogen-bond donors (Lipinski definition) is 1. The summed E-state index contributed by atoms with van der Waals surface area (Å²) >= 11 is 0. The first-order chi connectivity index (χ1) is 5.29. The van der Waals surface area contributed by atoms with Crippen LogP contribution >= 0.6 is 0 Å². The van der Waals surface area contributed by atoms with Crippen molar-refractivity contribution in [1.29, 1.82) is 0 Å². The third-order valence-electron chi connectivity index (χ3n) is 1.97. The molecule has 0 aromatic rings. The molecule has 11 heavy (non-hydrogen) atoms. The Morgan fingerprint density at radius 2 is 2.36 bits per heavy atom. The van der Waals surface area contributed by atoms with Gasteiger partial charge in [-0.3, -0.25) is 0 Å². The van der Waals surface area contributed by atoms with E-state index >= 15 is 0 Å². The van der Waals surface area contributed by atoms with Gasteiger partial charge >= 0.3 is 0 Å². The molecular weight excluding hydrogens is 138 g/mol. The van der Waals surface area contributed by atoms with Crippen LogP contribution in [-0.4, -0.2) is 51.2 Å². The summed E-state index contributed by atoms with van der Waals surface area (Å²) < 4.78 is 0. The van der Waals surface area contributed by atoms with Gasteiger partial charge in [-0.15, -0.1) is 0 Å². The van der Waals surface area contributed by atoms with Crippen molar-refractivity contribution in [3.05, 3.63) is 0 Å². The zero-order valence-electron chi connectivity index (χ0n) is 7.51. The maximum Gasteiger partial charge on any atom is 0.0383 e. The molecule has 1 saturated heterocycles. The molecule has 1 rings (SSSR count). The first-order valence-corrected chi connectivity index (χ1v) is 4.31. The van der Waals surface area contributed by atoms with Gasteiger partial charge in [0.15, 0.2) is 0 Å². The molecule has 1 atom stereocenters. The fourth-order valence-electron chi connectivity index (χ4n) is 1.26. The minimum absolute atomic E-state index is 0.561. The van der Waals surface area contributed by atoms with Gasteiger partial charge in [-0.25, -0.2) is 5.32 Å². The van der Waals surface area contributed by atoms with Gasteiger partial charge in [0.1, 0.15) is 0 Å². The predicted octanol–water partition coefficient (Wildman–Crippen LogP) is -0.486. The van der Waals surface area contributed by atoms with Crippen LogP contribution in [0.1, 0.15) is 6.42 Å². The van der Waals surface area contributed by atoms with Gasteiger partial charge in [-0.05, 0) is 27.1 Å².